The topological polar surface area (TPSA) is 77.1 Å². The van der Waals surface area contributed by atoms with Crippen LogP contribution in [0.1, 0.15) is 16.7 Å². The molecule has 3 aromatic carbocycles. The third kappa shape index (κ3) is 5.26. The lowest BCUT2D eigenvalue weighted by molar-refractivity contribution is -0.133. The van der Waals surface area contributed by atoms with Crippen LogP contribution >= 0.6 is 0 Å². The molecule has 0 spiro atoms. The van der Waals surface area contributed by atoms with E-state index in [1.54, 1.807) is 31.3 Å². The molecule has 0 aromatic heterocycles. The second-order valence-electron chi connectivity index (χ2n) is 7.72. The highest BCUT2D eigenvalue weighted by Gasteiger charge is 2.24. The average Bonchev–Trinajstić information content (AvgIpc) is 2.97. The lowest BCUT2D eigenvalue weighted by Crippen LogP contribution is -2.32. The fourth-order valence-corrected chi connectivity index (χ4v) is 3.86. The number of anilines is 1. The van der Waals surface area contributed by atoms with E-state index in [0.717, 1.165) is 16.7 Å². The SMILES string of the molecule is COc1cccc(CN2Cc3cc(NC(=O)Cc4ccccc4)ccc3OCC2=O)c1OC. The van der Waals surface area contributed by atoms with Crippen molar-refractivity contribution in [2.75, 3.05) is 26.1 Å². The number of hydrogen-bond acceptors (Lipinski definition) is 5. The first-order chi connectivity index (χ1) is 16.1. The monoisotopic (exact) mass is 446 g/mol. The maximum absolute atomic E-state index is 12.8. The number of para-hydroxylation sites is 1. The van der Waals surface area contributed by atoms with Crippen molar-refractivity contribution in [3.8, 4) is 17.2 Å². The van der Waals surface area contributed by atoms with Crippen LogP contribution in [0.15, 0.2) is 66.7 Å². The van der Waals surface area contributed by atoms with E-state index in [1.807, 2.05) is 54.6 Å². The highest BCUT2D eigenvalue weighted by Crippen LogP contribution is 2.33. The first-order valence-corrected chi connectivity index (χ1v) is 10.6. The zero-order valence-corrected chi connectivity index (χ0v) is 18.7. The number of carbonyl (C=O) groups is 2. The predicted molar refractivity (Wildman–Crippen MR) is 125 cm³/mol. The molecule has 7 heteroatoms. The number of nitrogens with zero attached hydrogens (tertiary/aromatic N) is 1. The summed E-state index contributed by atoms with van der Waals surface area (Å²) >= 11 is 0. The van der Waals surface area contributed by atoms with E-state index >= 15 is 0 Å². The lowest BCUT2D eigenvalue weighted by Gasteiger charge is -2.22. The van der Waals surface area contributed by atoms with Crippen molar-refractivity contribution in [2.24, 2.45) is 0 Å². The third-order valence-corrected chi connectivity index (χ3v) is 5.46. The third-order valence-electron chi connectivity index (χ3n) is 5.46. The number of benzene rings is 3. The summed E-state index contributed by atoms with van der Waals surface area (Å²) in [5.41, 5.74) is 3.25. The summed E-state index contributed by atoms with van der Waals surface area (Å²) in [6, 6.07) is 20.6. The largest absolute Gasteiger partial charge is 0.493 e. The van der Waals surface area contributed by atoms with Crippen LogP contribution in [0, 0.1) is 0 Å². The van der Waals surface area contributed by atoms with Crippen LogP contribution in [0.4, 0.5) is 5.69 Å². The molecule has 1 N–H and O–H groups in total. The Bertz CT molecular complexity index is 1150. The Balaban J connectivity index is 1.51. The highest BCUT2D eigenvalue weighted by molar-refractivity contribution is 5.92. The van der Waals surface area contributed by atoms with Crippen molar-refractivity contribution in [3.05, 3.63) is 83.4 Å². The predicted octanol–water partition coefficient (Wildman–Crippen LogP) is 3.81. The van der Waals surface area contributed by atoms with Crippen molar-refractivity contribution < 1.29 is 23.8 Å². The molecule has 3 aromatic rings. The molecule has 1 aliphatic heterocycles. The number of amides is 2. The Hall–Kier alpha value is -4.00. The summed E-state index contributed by atoms with van der Waals surface area (Å²) in [6.07, 6.45) is 0.286. The minimum absolute atomic E-state index is 0.0566. The number of methoxy groups -OCH3 is 2. The van der Waals surface area contributed by atoms with Gasteiger partial charge in [0.15, 0.2) is 18.1 Å². The second-order valence-corrected chi connectivity index (χ2v) is 7.72. The molecule has 0 atom stereocenters. The van der Waals surface area contributed by atoms with Gasteiger partial charge < -0.3 is 24.4 Å². The van der Waals surface area contributed by atoms with Gasteiger partial charge in [0.25, 0.3) is 5.91 Å². The van der Waals surface area contributed by atoms with Gasteiger partial charge in [-0.25, -0.2) is 0 Å². The van der Waals surface area contributed by atoms with Crippen LogP contribution in [-0.2, 0) is 29.1 Å². The Morgan fingerprint density at radius 3 is 2.61 bits per heavy atom. The summed E-state index contributed by atoms with van der Waals surface area (Å²) < 4.78 is 16.6. The molecule has 33 heavy (non-hydrogen) atoms. The molecular formula is C26H26N2O5. The molecule has 0 fully saturated rings. The Morgan fingerprint density at radius 1 is 1.03 bits per heavy atom. The van der Waals surface area contributed by atoms with Gasteiger partial charge in [-0.2, -0.15) is 0 Å². The molecule has 0 radical (unpaired) electrons. The van der Waals surface area contributed by atoms with Gasteiger partial charge in [-0.15, -0.1) is 0 Å². The van der Waals surface area contributed by atoms with E-state index < -0.39 is 0 Å². The lowest BCUT2D eigenvalue weighted by atomic mass is 10.1. The molecule has 0 aliphatic carbocycles. The van der Waals surface area contributed by atoms with Crippen molar-refractivity contribution >= 4 is 17.5 Å². The summed E-state index contributed by atoms with van der Waals surface area (Å²) in [5.74, 6) is 1.59. The molecule has 1 heterocycles. The van der Waals surface area contributed by atoms with Crippen molar-refractivity contribution in [3.63, 3.8) is 0 Å². The molecule has 4 rings (SSSR count). The molecule has 170 valence electrons. The number of nitrogens with one attached hydrogen (secondary N) is 1. The first-order valence-electron chi connectivity index (χ1n) is 10.6. The van der Waals surface area contributed by atoms with E-state index in [4.69, 9.17) is 14.2 Å². The smallest absolute Gasteiger partial charge is 0.261 e. The summed E-state index contributed by atoms with van der Waals surface area (Å²) in [5, 5.41) is 2.94. The standard InChI is InChI=1S/C26H26N2O5/c1-31-23-10-6-9-19(26(23)32-2)15-28-16-20-14-21(11-12-22(20)33-17-25(28)30)27-24(29)13-18-7-4-3-5-8-18/h3-12,14H,13,15-17H2,1-2H3,(H,27,29). The van der Waals surface area contributed by atoms with Gasteiger partial charge in [-0.1, -0.05) is 42.5 Å². The zero-order valence-electron chi connectivity index (χ0n) is 18.7. The van der Waals surface area contributed by atoms with Crippen LogP contribution in [0.5, 0.6) is 17.2 Å². The number of ether oxygens (including phenoxy) is 3. The summed E-state index contributed by atoms with van der Waals surface area (Å²) in [6.45, 7) is 0.628. The van der Waals surface area contributed by atoms with Crippen molar-refractivity contribution in [2.45, 2.75) is 19.5 Å². The number of rotatable bonds is 7. The second kappa shape index (κ2) is 10.1. The Kier molecular flexibility index (Phi) is 6.78. The molecule has 7 nitrogen and oxygen atoms in total. The zero-order chi connectivity index (χ0) is 23.2. The average molecular weight is 447 g/mol. The molecule has 1 aliphatic rings. The number of hydrogen-bond donors (Lipinski definition) is 1. The Labute approximate surface area is 192 Å². The quantitative estimate of drug-likeness (QED) is 0.597. The van der Waals surface area contributed by atoms with Crippen molar-refractivity contribution in [1.82, 2.24) is 4.90 Å². The van der Waals surface area contributed by atoms with Crippen LogP contribution in [-0.4, -0.2) is 37.5 Å². The van der Waals surface area contributed by atoms with Gasteiger partial charge in [0.05, 0.1) is 20.6 Å². The van der Waals surface area contributed by atoms with Gasteiger partial charge in [-0.05, 0) is 29.8 Å². The van der Waals surface area contributed by atoms with Gasteiger partial charge >= 0.3 is 0 Å². The number of fused-ring (bicyclic) bond motifs is 1. The molecule has 0 saturated carbocycles. The van der Waals surface area contributed by atoms with Gasteiger partial charge in [-0.3, -0.25) is 9.59 Å². The van der Waals surface area contributed by atoms with E-state index in [0.29, 0.717) is 36.0 Å². The molecule has 0 bridgehead atoms. The normalized spacial score (nSPS) is 12.9. The maximum atomic E-state index is 12.8. The van der Waals surface area contributed by atoms with E-state index in [1.165, 1.54) is 0 Å². The van der Waals surface area contributed by atoms with Crippen LogP contribution in [0.25, 0.3) is 0 Å². The van der Waals surface area contributed by atoms with Gasteiger partial charge in [0.2, 0.25) is 5.91 Å². The van der Waals surface area contributed by atoms with E-state index in [-0.39, 0.29) is 24.8 Å². The highest BCUT2D eigenvalue weighted by atomic mass is 16.5. The fraction of sp³-hybridized carbons (Fsp3) is 0.231. The molecular weight excluding hydrogens is 420 g/mol. The maximum Gasteiger partial charge on any atom is 0.261 e. The van der Waals surface area contributed by atoms with Crippen molar-refractivity contribution in [1.29, 1.82) is 0 Å². The molecule has 0 unspecified atom stereocenters. The number of carbonyl (C=O) groups excluding carboxylic acids is 2. The van der Waals surface area contributed by atoms with Gasteiger partial charge in [0.1, 0.15) is 5.75 Å². The minimum Gasteiger partial charge on any atom is -0.493 e. The van der Waals surface area contributed by atoms with Crippen LogP contribution < -0.4 is 19.5 Å². The molecule has 0 saturated heterocycles. The summed E-state index contributed by atoms with van der Waals surface area (Å²) in [4.78, 5) is 26.9. The van der Waals surface area contributed by atoms with Crippen LogP contribution in [0.3, 0.4) is 0 Å². The van der Waals surface area contributed by atoms with E-state index in [2.05, 4.69) is 5.32 Å². The van der Waals surface area contributed by atoms with E-state index in [9.17, 15) is 9.59 Å². The Morgan fingerprint density at radius 2 is 1.85 bits per heavy atom. The van der Waals surface area contributed by atoms with Crippen LogP contribution in [0.2, 0.25) is 0 Å². The summed E-state index contributed by atoms with van der Waals surface area (Å²) in [7, 11) is 3.16. The first kappa shape index (κ1) is 22.2. The van der Waals surface area contributed by atoms with Gasteiger partial charge in [0, 0.05) is 29.9 Å². The fourth-order valence-electron chi connectivity index (χ4n) is 3.86. The molecule has 2 amide bonds. The minimum atomic E-state index is -0.134.